The molecular formula is C14H25N3O2. The third-order valence-corrected chi connectivity index (χ3v) is 4.47. The number of rotatable bonds is 1. The van der Waals surface area contributed by atoms with Crippen molar-refractivity contribution >= 4 is 11.8 Å². The molecule has 2 aliphatic rings. The summed E-state index contributed by atoms with van der Waals surface area (Å²) in [5.74, 6) is 0.574. The lowest BCUT2D eigenvalue weighted by molar-refractivity contribution is -0.142. The Morgan fingerprint density at radius 3 is 2.79 bits per heavy atom. The van der Waals surface area contributed by atoms with Crippen LogP contribution in [0.4, 0.5) is 0 Å². The Morgan fingerprint density at radius 2 is 2.05 bits per heavy atom. The molecule has 0 aromatic carbocycles. The van der Waals surface area contributed by atoms with Crippen molar-refractivity contribution in [3.8, 4) is 0 Å². The number of nitrogens with zero attached hydrogens (tertiary/aromatic N) is 2. The molecule has 5 heteroatoms. The number of carbonyl (C=O) groups excluding carboxylic acids is 2. The molecule has 1 saturated heterocycles. The van der Waals surface area contributed by atoms with Gasteiger partial charge >= 0.3 is 0 Å². The molecule has 1 aliphatic carbocycles. The molecule has 0 spiro atoms. The second-order valence-corrected chi connectivity index (χ2v) is 6.12. The van der Waals surface area contributed by atoms with Crippen molar-refractivity contribution in [1.29, 1.82) is 0 Å². The van der Waals surface area contributed by atoms with Gasteiger partial charge in [0, 0.05) is 26.2 Å². The highest BCUT2D eigenvalue weighted by Crippen LogP contribution is 2.29. The molecular weight excluding hydrogens is 242 g/mol. The van der Waals surface area contributed by atoms with Crippen molar-refractivity contribution in [3.63, 3.8) is 0 Å². The van der Waals surface area contributed by atoms with E-state index in [9.17, 15) is 9.59 Å². The van der Waals surface area contributed by atoms with Crippen LogP contribution in [-0.2, 0) is 9.59 Å². The van der Waals surface area contributed by atoms with Gasteiger partial charge in [-0.3, -0.25) is 9.59 Å². The smallest absolute Gasteiger partial charge is 0.241 e. The second kappa shape index (κ2) is 5.90. The maximum Gasteiger partial charge on any atom is 0.241 e. The van der Waals surface area contributed by atoms with Crippen molar-refractivity contribution in [2.45, 2.75) is 38.6 Å². The van der Waals surface area contributed by atoms with Gasteiger partial charge in [0.25, 0.3) is 0 Å². The number of amides is 2. The zero-order chi connectivity index (χ0) is 14.0. The van der Waals surface area contributed by atoms with E-state index in [1.807, 2.05) is 0 Å². The lowest BCUT2D eigenvalue weighted by Gasteiger charge is -2.34. The van der Waals surface area contributed by atoms with E-state index < -0.39 is 0 Å². The summed E-state index contributed by atoms with van der Waals surface area (Å²) in [6.45, 7) is 3.79. The number of likely N-dealkylation sites (N-methyl/N-ethyl adjacent to an activating group) is 1. The average molecular weight is 267 g/mol. The maximum atomic E-state index is 12.6. The Kier molecular flexibility index (Phi) is 4.45. The first-order valence-corrected chi connectivity index (χ1v) is 7.27. The molecule has 5 nitrogen and oxygen atoms in total. The third-order valence-electron chi connectivity index (χ3n) is 4.47. The highest BCUT2D eigenvalue weighted by molar-refractivity contribution is 5.86. The van der Waals surface area contributed by atoms with Crippen LogP contribution < -0.4 is 5.73 Å². The Balaban J connectivity index is 2.03. The minimum atomic E-state index is -0.0973. The van der Waals surface area contributed by atoms with Crippen LogP contribution in [0.3, 0.4) is 0 Å². The largest absolute Gasteiger partial charge is 0.344 e. The first-order valence-electron chi connectivity index (χ1n) is 7.27. The van der Waals surface area contributed by atoms with E-state index in [2.05, 4.69) is 6.92 Å². The van der Waals surface area contributed by atoms with Crippen LogP contribution in [0.1, 0.15) is 32.6 Å². The quantitative estimate of drug-likeness (QED) is 0.749. The Morgan fingerprint density at radius 1 is 1.32 bits per heavy atom. The first kappa shape index (κ1) is 14.3. The number of nitrogens with two attached hydrogens (primary N) is 1. The lowest BCUT2D eigenvalue weighted by Crippen LogP contribution is -2.48. The Hall–Kier alpha value is -1.10. The highest BCUT2D eigenvalue weighted by Gasteiger charge is 2.35. The van der Waals surface area contributed by atoms with E-state index in [1.165, 1.54) is 0 Å². The summed E-state index contributed by atoms with van der Waals surface area (Å²) in [6, 6.07) is -0.0419. The normalized spacial score (nSPS) is 33.2. The summed E-state index contributed by atoms with van der Waals surface area (Å²) in [5, 5.41) is 0. The monoisotopic (exact) mass is 267 g/mol. The summed E-state index contributed by atoms with van der Waals surface area (Å²) in [5.41, 5.74) is 6.11. The van der Waals surface area contributed by atoms with Crippen LogP contribution in [0.5, 0.6) is 0 Å². The highest BCUT2D eigenvalue weighted by atomic mass is 16.2. The minimum absolute atomic E-state index is 0.0308. The van der Waals surface area contributed by atoms with Crippen molar-refractivity contribution in [2.75, 3.05) is 26.7 Å². The molecule has 0 aromatic rings. The van der Waals surface area contributed by atoms with Crippen LogP contribution >= 0.6 is 0 Å². The SMILES string of the molecule is CC1CCC(N)C(C(=O)N2CCCN(C)C(=O)C2)C1. The fourth-order valence-corrected chi connectivity index (χ4v) is 3.10. The van der Waals surface area contributed by atoms with E-state index in [1.54, 1.807) is 16.8 Å². The van der Waals surface area contributed by atoms with Crippen molar-refractivity contribution < 1.29 is 9.59 Å². The van der Waals surface area contributed by atoms with Crippen LogP contribution in [0.25, 0.3) is 0 Å². The van der Waals surface area contributed by atoms with Crippen molar-refractivity contribution in [3.05, 3.63) is 0 Å². The van der Waals surface area contributed by atoms with E-state index in [0.29, 0.717) is 12.5 Å². The van der Waals surface area contributed by atoms with Crippen LogP contribution in [0.15, 0.2) is 0 Å². The van der Waals surface area contributed by atoms with Crippen molar-refractivity contribution in [1.82, 2.24) is 9.80 Å². The summed E-state index contributed by atoms with van der Waals surface area (Å²) in [6.07, 6.45) is 3.73. The molecule has 108 valence electrons. The minimum Gasteiger partial charge on any atom is -0.344 e. The molecule has 0 aromatic heterocycles. The Labute approximate surface area is 115 Å². The zero-order valence-electron chi connectivity index (χ0n) is 12.0. The van der Waals surface area contributed by atoms with E-state index in [0.717, 1.165) is 32.2 Å². The van der Waals surface area contributed by atoms with Gasteiger partial charge in [-0.15, -0.1) is 0 Å². The molecule has 1 saturated carbocycles. The standard InChI is InChI=1S/C14H25N3O2/c1-10-4-5-12(15)11(8-10)14(19)17-7-3-6-16(2)13(18)9-17/h10-12H,3-9,15H2,1-2H3. The molecule has 3 unspecified atom stereocenters. The van der Waals surface area contributed by atoms with Gasteiger partial charge in [0.2, 0.25) is 11.8 Å². The summed E-state index contributed by atoms with van der Waals surface area (Å²) in [4.78, 5) is 27.9. The van der Waals surface area contributed by atoms with Gasteiger partial charge in [-0.05, 0) is 31.6 Å². The van der Waals surface area contributed by atoms with Gasteiger partial charge in [-0.25, -0.2) is 0 Å². The van der Waals surface area contributed by atoms with E-state index in [-0.39, 0.29) is 30.3 Å². The van der Waals surface area contributed by atoms with Gasteiger partial charge in [0.1, 0.15) is 0 Å². The van der Waals surface area contributed by atoms with Gasteiger partial charge in [-0.1, -0.05) is 6.92 Å². The molecule has 2 rings (SSSR count). The van der Waals surface area contributed by atoms with E-state index in [4.69, 9.17) is 5.73 Å². The van der Waals surface area contributed by atoms with Crippen LogP contribution in [0.2, 0.25) is 0 Å². The topological polar surface area (TPSA) is 66.6 Å². The molecule has 2 fully saturated rings. The fraction of sp³-hybridized carbons (Fsp3) is 0.857. The molecule has 3 atom stereocenters. The third kappa shape index (κ3) is 3.26. The van der Waals surface area contributed by atoms with Crippen LogP contribution in [0, 0.1) is 11.8 Å². The molecule has 19 heavy (non-hydrogen) atoms. The second-order valence-electron chi connectivity index (χ2n) is 6.12. The molecule has 2 amide bonds. The predicted octanol–water partition coefficient (Wildman–Crippen LogP) is 0.441. The maximum absolute atomic E-state index is 12.6. The van der Waals surface area contributed by atoms with E-state index >= 15 is 0 Å². The van der Waals surface area contributed by atoms with Gasteiger partial charge in [-0.2, -0.15) is 0 Å². The molecule has 0 bridgehead atoms. The van der Waals surface area contributed by atoms with Gasteiger partial charge < -0.3 is 15.5 Å². The first-order chi connectivity index (χ1) is 8.99. The van der Waals surface area contributed by atoms with Gasteiger partial charge in [0.05, 0.1) is 12.5 Å². The van der Waals surface area contributed by atoms with Gasteiger partial charge in [0.15, 0.2) is 0 Å². The average Bonchev–Trinajstić information content (AvgIpc) is 2.54. The molecule has 1 heterocycles. The molecule has 0 radical (unpaired) electrons. The number of hydrogen-bond acceptors (Lipinski definition) is 3. The number of carbonyl (C=O) groups is 2. The fourth-order valence-electron chi connectivity index (χ4n) is 3.10. The zero-order valence-corrected chi connectivity index (χ0v) is 12.0. The molecule has 2 N–H and O–H groups in total. The number of hydrogen-bond donors (Lipinski definition) is 1. The summed E-state index contributed by atoms with van der Waals surface area (Å²) in [7, 11) is 1.80. The summed E-state index contributed by atoms with van der Waals surface area (Å²) >= 11 is 0. The Bertz CT molecular complexity index is 359. The lowest BCUT2D eigenvalue weighted by atomic mass is 9.78. The van der Waals surface area contributed by atoms with Crippen LogP contribution in [-0.4, -0.2) is 54.3 Å². The molecule has 1 aliphatic heterocycles. The predicted molar refractivity (Wildman–Crippen MR) is 73.3 cm³/mol. The van der Waals surface area contributed by atoms with Crippen molar-refractivity contribution in [2.24, 2.45) is 17.6 Å². The summed E-state index contributed by atoms with van der Waals surface area (Å²) < 4.78 is 0.